The van der Waals surface area contributed by atoms with Gasteiger partial charge in [0.1, 0.15) is 0 Å². The Hall–Kier alpha value is -3.24. The predicted octanol–water partition coefficient (Wildman–Crippen LogP) is 6.09. The number of nitrogens with zero attached hydrogens (tertiary/aromatic N) is 2. The van der Waals surface area contributed by atoms with E-state index in [1.165, 1.54) is 0 Å². The summed E-state index contributed by atoms with van der Waals surface area (Å²) in [5, 5.41) is 25.8. The van der Waals surface area contributed by atoms with Gasteiger partial charge in [-0.1, -0.05) is 59.6 Å². The highest BCUT2D eigenvalue weighted by atomic mass is 35.5. The van der Waals surface area contributed by atoms with E-state index in [-0.39, 0.29) is 25.3 Å². The van der Waals surface area contributed by atoms with Gasteiger partial charge in [-0.25, -0.2) is 9.97 Å². The van der Waals surface area contributed by atoms with Crippen LogP contribution in [0.1, 0.15) is 37.1 Å². The smallest absolute Gasteiger partial charge is 0.218 e. The van der Waals surface area contributed by atoms with Gasteiger partial charge in [-0.05, 0) is 38.1 Å². The predicted molar refractivity (Wildman–Crippen MR) is 168 cm³/mol. The van der Waals surface area contributed by atoms with Crippen LogP contribution in [0.5, 0.6) is 11.8 Å². The zero-order valence-electron chi connectivity index (χ0n) is 24.1. The summed E-state index contributed by atoms with van der Waals surface area (Å²) in [6, 6.07) is 19.1. The standard InChI is InChI=1S/C32H36Cl2N4O4/c1-19(35-15-17-39)21-11-13-27(37-31(21)41-3)25-9-5-7-23(29(25)33)24-8-6-10-26(30(24)34)28-14-12-22(32(38-28)42-4)20(2)36-16-18-40/h5-14,19-20,35-36,39-40H,15-18H2,1-4H3/t19-,20-/m0/s1. The molecule has 0 spiro atoms. The number of ether oxygens (including phenoxy) is 2. The van der Waals surface area contributed by atoms with Crippen LogP contribution in [-0.4, -0.2) is 60.7 Å². The van der Waals surface area contributed by atoms with E-state index in [0.717, 1.165) is 33.4 Å². The van der Waals surface area contributed by atoms with Gasteiger partial charge in [-0.2, -0.15) is 0 Å². The third-order valence-corrected chi connectivity index (χ3v) is 7.88. The van der Waals surface area contributed by atoms with Crippen molar-refractivity contribution in [2.75, 3.05) is 40.5 Å². The van der Waals surface area contributed by atoms with Gasteiger partial charge in [0.05, 0.1) is 48.9 Å². The Morgan fingerprint density at radius 1 is 0.643 bits per heavy atom. The van der Waals surface area contributed by atoms with Gasteiger partial charge in [0.2, 0.25) is 11.8 Å². The van der Waals surface area contributed by atoms with Crippen LogP contribution in [0.25, 0.3) is 33.6 Å². The Kier molecular flexibility index (Phi) is 11.2. The van der Waals surface area contributed by atoms with Crippen molar-refractivity contribution in [2.45, 2.75) is 25.9 Å². The molecule has 42 heavy (non-hydrogen) atoms. The molecular weight excluding hydrogens is 575 g/mol. The average molecular weight is 612 g/mol. The first-order valence-electron chi connectivity index (χ1n) is 13.7. The molecule has 4 N–H and O–H groups in total. The van der Waals surface area contributed by atoms with Crippen LogP contribution in [0, 0.1) is 0 Å². The van der Waals surface area contributed by atoms with Crippen molar-refractivity contribution >= 4 is 23.2 Å². The second-order valence-electron chi connectivity index (χ2n) is 9.72. The molecule has 2 heterocycles. The highest BCUT2D eigenvalue weighted by Gasteiger charge is 2.20. The number of nitrogens with one attached hydrogen (secondary N) is 2. The van der Waals surface area contributed by atoms with Crippen LogP contribution in [-0.2, 0) is 0 Å². The van der Waals surface area contributed by atoms with Gasteiger partial charge in [-0.15, -0.1) is 0 Å². The first-order valence-corrected chi connectivity index (χ1v) is 14.5. The van der Waals surface area contributed by atoms with Crippen molar-refractivity contribution in [3.05, 3.63) is 81.8 Å². The highest BCUT2D eigenvalue weighted by molar-refractivity contribution is 6.39. The van der Waals surface area contributed by atoms with Crippen LogP contribution in [0.3, 0.4) is 0 Å². The Bertz CT molecular complexity index is 1410. The molecule has 0 unspecified atom stereocenters. The van der Waals surface area contributed by atoms with Crippen molar-refractivity contribution in [3.8, 4) is 45.4 Å². The molecule has 2 aromatic carbocycles. The number of halogens is 2. The third-order valence-electron chi connectivity index (χ3n) is 7.06. The maximum atomic E-state index is 9.16. The Morgan fingerprint density at radius 2 is 1.02 bits per heavy atom. The van der Waals surface area contributed by atoms with E-state index in [0.29, 0.717) is 46.3 Å². The molecule has 2 aromatic heterocycles. The number of aliphatic hydroxyl groups excluding tert-OH is 2. The topological polar surface area (TPSA) is 109 Å². The minimum atomic E-state index is -0.0571. The lowest BCUT2D eigenvalue weighted by atomic mass is 9.97. The van der Waals surface area contributed by atoms with E-state index in [9.17, 15) is 0 Å². The van der Waals surface area contributed by atoms with Crippen LogP contribution >= 0.6 is 23.2 Å². The minimum Gasteiger partial charge on any atom is -0.481 e. The first kappa shape index (κ1) is 31.7. The molecule has 0 aliphatic carbocycles. The van der Waals surface area contributed by atoms with Gasteiger partial charge < -0.3 is 30.3 Å². The van der Waals surface area contributed by atoms with E-state index in [1.54, 1.807) is 14.2 Å². The number of pyridine rings is 2. The lowest BCUT2D eigenvalue weighted by molar-refractivity contribution is 0.285. The minimum absolute atomic E-state index is 0.0430. The number of benzene rings is 2. The molecule has 2 atom stereocenters. The zero-order chi connectivity index (χ0) is 30.2. The van der Waals surface area contributed by atoms with Gasteiger partial charge in [-0.3, -0.25) is 0 Å². The van der Waals surface area contributed by atoms with Gasteiger partial charge in [0.25, 0.3) is 0 Å². The Morgan fingerprint density at radius 3 is 1.38 bits per heavy atom. The number of rotatable bonds is 13. The fraction of sp³-hybridized carbons (Fsp3) is 0.312. The lowest BCUT2D eigenvalue weighted by Gasteiger charge is -2.18. The van der Waals surface area contributed by atoms with E-state index < -0.39 is 0 Å². The second kappa shape index (κ2) is 14.8. The van der Waals surface area contributed by atoms with Crippen molar-refractivity contribution in [3.63, 3.8) is 0 Å². The van der Waals surface area contributed by atoms with Crippen LogP contribution < -0.4 is 20.1 Å². The summed E-state index contributed by atoms with van der Waals surface area (Å²) in [6.07, 6.45) is 0. The molecular formula is C32H36Cl2N4O4. The molecule has 0 aliphatic heterocycles. The monoisotopic (exact) mass is 610 g/mol. The fourth-order valence-electron chi connectivity index (χ4n) is 4.85. The number of hydrogen-bond donors (Lipinski definition) is 4. The molecule has 4 rings (SSSR count). The van der Waals surface area contributed by atoms with Crippen molar-refractivity contribution in [1.82, 2.24) is 20.6 Å². The molecule has 10 heteroatoms. The summed E-state index contributed by atoms with van der Waals surface area (Å²) in [6.45, 7) is 5.00. The number of methoxy groups -OCH3 is 2. The van der Waals surface area contributed by atoms with Gasteiger partial charge in [0.15, 0.2) is 0 Å². The molecule has 0 aliphatic rings. The SMILES string of the molecule is COc1nc(-c2cccc(-c3cccc(-c4ccc([C@H](C)NCCO)c(OC)n4)c3Cl)c2Cl)ccc1[C@H](C)NCCO. The molecule has 0 radical (unpaired) electrons. The molecule has 0 amide bonds. The second-order valence-corrected chi connectivity index (χ2v) is 10.5. The highest BCUT2D eigenvalue weighted by Crippen LogP contribution is 2.42. The number of aliphatic hydroxyl groups is 2. The van der Waals surface area contributed by atoms with Crippen molar-refractivity contribution in [1.29, 1.82) is 0 Å². The average Bonchev–Trinajstić information content (AvgIpc) is 3.02. The first-order chi connectivity index (χ1) is 20.3. The molecule has 0 fully saturated rings. The summed E-state index contributed by atoms with van der Waals surface area (Å²) >= 11 is 14.0. The summed E-state index contributed by atoms with van der Waals surface area (Å²) in [7, 11) is 3.17. The molecule has 0 saturated carbocycles. The zero-order valence-corrected chi connectivity index (χ0v) is 25.6. The number of hydrogen-bond acceptors (Lipinski definition) is 8. The summed E-state index contributed by atoms with van der Waals surface area (Å²) in [5.41, 5.74) is 6.08. The van der Waals surface area contributed by atoms with E-state index in [2.05, 4.69) is 10.6 Å². The third kappa shape index (κ3) is 6.86. The Balaban J connectivity index is 1.72. The van der Waals surface area contributed by atoms with E-state index in [4.69, 9.17) is 52.9 Å². The molecule has 8 nitrogen and oxygen atoms in total. The maximum Gasteiger partial charge on any atom is 0.218 e. The fourth-order valence-corrected chi connectivity index (χ4v) is 5.50. The Labute approximate surface area is 256 Å². The summed E-state index contributed by atoms with van der Waals surface area (Å²) < 4.78 is 11.2. The largest absolute Gasteiger partial charge is 0.481 e. The molecule has 222 valence electrons. The van der Waals surface area contributed by atoms with Crippen LogP contribution in [0.2, 0.25) is 10.0 Å². The maximum absolute atomic E-state index is 9.16. The lowest BCUT2D eigenvalue weighted by Crippen LogP contribution is -2.22. The van der Waals surface area contributed by atoms with Crippen molar-refractivity contribution in [2.24, 2.45) is 0 Å². The summed E-state index contributed by atoms with van der Waals surface area (Å²) in [4.78, 5) is 9.50. The van der Waals surface area contributed by atoms with Gasteiger partial charge in [0, 0.05) is 58.6 Å². The molecule has 0 saturated heterocycles. The van der Waals surface area contributed by atoms with Crippen LogP contribution in [0.4, 0.5) is 0 Å². The van der Waals surface area contributed by atoms with Crippen LogP contribution in [0.15, 0.2) is 60.7 Å². The molecule has 0 bridgehead atoms. The number of aromatic nitrogens is 2. The van der Waals surface area contributed by atoms with Crippen molar-refractivity contribution < 1.29 is 19.7 Å². The summed E-state index contributed by atoms with van der Waals surface area (Å²) in [5.74, 6) is 0.965. The quantitative estimate of drug-likeness (QED) is 0.144. The van der Waals surface area contributed by atoms with Gasteiger partial charge >= 0.3 is 0 Å². The van der Waals surface area contributed by atoms with E-state index >= 15 is 0 Å². The molecule has 4 aromatic rings. The van der Waals surface area contributed by atoms with E-state index in [1.807, 2.05) is 74.5 Å². The normalized spacial score (nSPS) is 12.7.